The molecule has 2 aromatic rings. The third-order valence-electron chi connectivity index (χ3n) is 10.8. The van der Waals surface area contributed by atoms with E-state index >= 15 is 0 Å². The van der Waals surface area contributed by atoms with E-state index in [1.807, 2.05) is 6.92 Å². The summed E-state index contributed by atoms with van der Waals surface area (Å²) in [5, 5.41) is 11.4. The topological polar surface area (TPSA) is 115 Å². The van der Waals surface area contributed by atoms with E-state index in [1.54, 1.807) is 24.4 Å². The van der Waals surface area contributed by atoms with Crippen LogP contribution in [0.3, 0.4) is 0 Å². The highest BCUT2D eigenvalue weighted by molar-refractivity contribution is 8.13. The van der Waals surface area contributed by atoms with E-state index in [4.69, 9.17) is 19.9 Å². The Labute approximate surface area is 253 Å². The number of nitrogens with two attached hydrogens (primary N) is 1. The van der Waals surface area contributed by atoms with Crippen LogP contribution in [0.4, 0.5) is 14.5 Å². The van der Waals surface area contributed by atoms with E-state index in [-0.39, 0.29) is 42.2 Å². The number of allylic oxidation sites excluding steroid dienone is 3. The summed E-state index contributed by atoms with van der Waals surface area (Å²) in [4.78, 5) is 31.6. The Kier molecular flexibility index (Phi) is 7.65. The maximum Gasteiger partial charge on any atom is 0.375 e. The van der Waals surface area contributed by atoms with Crippen molar-refractivity contribution in [3.63, 3.8) is 0 Å². The van der Waals surface area contributed by atoms with Gasteiger partial charge in [0.1, 0.15) is 11.8 Å². The van der Waals surface area contributed by atoms with E-state index in [1.165, 1.54) is 30.0 Å². The Morgan fingerprint density at radius 1 is 1.23 bits per heavy atom. The van der Waals surface area contributed by atoms with Crippen molar-refractivity contribution in [1.29, 1.82) is 0 Å². The molecule has 1 heterocycles. The van der Waals surface area contributed by atoms with Crippen molar-refractivity contribution >= 4 is 34.2 Å². The summed E-state index contributed by atoms with van der Waals surface area (Å²) in [6.07, 6.45) is 7.39. The number of hydrogen-bond donors (Lipinski definition) is 2. The van der Waals surface area contributed by atoms with Gasteiger partial charge in [-0.3, -0.25) is 4.79 Å². The molecular weight excluding hydrogens is 574 g/mol. The van der Waals surface area contributed by atoms with Crippen LogP contribution in [-0.4, -0.2) is 39.6 Å². The monoisotopic (exact) mass is 610 g/mol. The highest BCUT2D eigenvalue weighted by atomic mass is 32.2. The standard InChI is InChI=1S/C33H36F2N2O5S/c1-31-15-19(17-36)25(37-22-8-6-21(35)7-9-22)14-20(31)5-10-23-24-11-12-33(30(40)43-18-34,32(24,2)16-26(38)28(23)31)42-29(39)27-4-3-13-41-27/h3-4,6-9,13-14,17,23-24,26,28,38H,5,10-12,15-16,18,36H2,1-2H3/t23-,24?,26?,28?,31-,32-,33-/m0/s1. The van der Waals surface area contributed by atoms with Gasteiger partial charge in [-0.2, -0.15) is 0 Å². The van der Waals surface area contributed by atoms with Gasteiger partial charge in [-0.05, 0) is 128 Å². The minimum atomic E-state index is -1.59. The van der Waals surface area contributed by atoms with E-state index in [2.05, 4.69) is 13.0 Å². The summed E-state index contributed by atoms with van der Waals surface area (Å²) in [5.41, 5.74) is 6.60. The Hall–Kier alpha value is -3.24. The summed E-state index contributed by atoms with van der Waals surface area (Å²) in [5.74, 6) is -1.25. The lowest BCUT2D eigenvalue weighted by Gasteiger charge is -2.60. The number of ether oxygens (including phenoxy) is 1. The highest BCUT2D eigenvalue weighted by Crippen LogP contribution is 2.69. The fourth-order valence-corrected chi connectivity index (χ4v) is 9.60. The normalized spacial score (nSPS) is 36.9. The van der Waals surface area contributed by atoms with Crippen LogP contribution in [0.25, 0.3) is 0 Å². The van der Waals surface area contributed by atoms with Gasteiger partial charge in [-0.15, -0.1) is 0 Å². The van der Waals surface area contributed by atoms with Crippen LogP contribution in [0.2, 0.25) is 0 Å². The molecule has 7 nitrogen and oxygen atoms in total. The zero-order valence-corrected chi connectivity index (χ0v) is 25.0. The minimum absolute atomic E-state index is 0.0277. The largest absolute Gasteiger partial charge is 0.457 e. The van der Waals surface area contributed by atoms with Crippen LogP contribution >= 0.6 is 11.8 Å². The molecule has 4 aliphatic rings. The highest BCUT2D eigenvalue weighted by Gasteiger charge is 2.71. The van der Waals surface area contributed by atoms with Crippen LogP contribution in [0.5, 0.6) is 0 Å². The Bertz CT molecular complexity index is 1510. The number of furan rings is 1. The molecule has 0 spiro atoms. The summed E-state index contributed by atoms with van der Waals surface area (Å²) in [6, 6.07) is 8.09. The van der Waals surface area contributed by atoms with Crippen molar-refractivity contribution < 1.29 is 32.6 Å². The molecule has 0 bridgehead atoms. The van der Waals surface area contributed by atoms with Gasteiger partial charge in [0.2, 0.25) is 10.9 Å². The number of benzene rings is 1. The lowest BCUT2D eigenvalue weighted by atomic mass is 9.45. The Morgan fingerprint density at radius 3 is 2.67 bits per heavy atom. The number of halogens is 2. The van der Waals surface area contributed by atoms with Gasteiger partial charge in [0.15, 0.2) is 5.60 Å². The fourth-order valence-electron chi connectivity index (χ4n) is 8.89. The molecule has 0 radical (unpaired) electrons. The molecule has 3 N–H and O–H groups in total. The number of esters is 1. The first kappa shape index (κ1) is 29.8. The van der Waals surface area contributed by atoms with Crippen molar-refractivity contribution in [2.24, 2.45) is 39.3 Å². The Morgan fingerprint density at radius 2 is 2.00 bits per heavy atom. The van der Waals surface area contributed by atoms with E-state index in [9.17, 15) is 23.5 Å². The SMILES string of the molecule is C[C@]12CC(=CN)C(=Nc3ccc(F)cc3)C=C1CC[C@@H]1C2C(O)C[C@@]2(C)C1CC[C@]2(OC(=O)c1ccco1)C(=O)SCF. The average molecular weight is 611 g/mol. The van der Waals surface area contributed by atoms with Crippen molar-refractivity contribution in [1.82, 2.24) is 0 Å². The van der Waals surface area contributed by atoms with Gasteiger partial charge in [0.25, 0.3) is 0 Å². The van der Waals surface area contributed by atoms with Gasteiger partial charge in [0, 0.05) is 5.41 Å². The number of hydrogen-bond acceptors (Lipinski definition) is 8. The molecule has 4 aliphatic carbocycles. The fraction of sp³-hybridized carbons (Fsp3) is 0.485. The van der Waals surface area contributed by atoms with Gasteiger partial charge >= 0.3 is 5.97 Å². The van der Waals surface area contributed by atoms with Crippen molar-refractivity contribution in [3.8, 4) is 0 Å². The number of thioether (sulfide) groups is 1. The third kappa shape index (κ3) is 4.68. The molecule has 0 aliphatic heterocycles. The molecule has 1 aromatic heterocycles. The van der Waals surface area contributed by atoms with E-state index in [0.717, 1.165) is 24.1 Å². The molecule has 0 amide bonds. The van der Waals surface area contributed by atoms with Gasteiger partial charge in [0.05, 0.1) is 23.8 Å². The third-order valence-corrected chi connectivity index (χ3v) is 11.5. The molecule has 228 valence electrons. The van der Waals surface area contributed by atoms with Gasteiger partial charge in [-0.1, -0.05) is 19.4 Å². The van der Waals surface area contributed by atoms with Crippen LogP contribution in [-0.2, 0) is 9.53 Å². The number of carbonyl (C=O) groups excluding carboxylic acids is 2. The number of alkyl halides is 1. The molecule has 7 atom stereocenters. The molecule has 3 fully saturated rings. The van der Waals surface area contributed by atoms with Crippen molar-refractivity contribution in [2.75, 3.05) is 6.01 Å². The molecular formula is C33H36F2N2O5S. The number of fused-ring (bicyclic) bond motifs is 5. The Balaban J connectivity index is 1.35. The molecule has 1 aromatic carbocycles. The molecule has 10 heteroatoms. The van der Waals surface area contributed by atoms with Gasteiger partial charge < -0.3 is 20.0 Å². The maximum absolute atomic E-state index is 13.6. The van der Waals surface area contributed by atoms with Crippen LogP contribution in [0.15, 0.2) is 75.5 Å². The smallest absolute Gasteiger partial charge is 0.375 e. The predicted molar refractivity (Wildman–Crippen MR) is 160 cm³/mol. The van der Waals surface area contributed by atoms with Crippen LogP contribution < -0.4 is 5.73 Å². The average Bonchev–Trinajstić information content (AvgIpc) is 3.61. The molecule has 43 heavy (non-hydrogen) atoms. The van der Waals surface area contributed by atoms with Crippen molar-refractivity contribution in [2.45, 2.75) is 64.1 Å². The first-order valence-corrected chi connectivity index (χ1v) is 15.7. The quantitative estimate of drug-likeness (QED) is 0.364. The number of rotatable bonds is 5. The molecule has 3 unspecified atom stereocenters. The number of nitrogens with zero attached hydrogens (tertiary/aromatic N) is 1. The molecule has 0 saturated heterocycles. The minimum Gasteiger partial charge on any atom is -0.457 e. The van der Waals surface area contributed by atoms with E-state index in [0.29, 0.717) is 30.3 Å². The second kappa shape index (κ2) is 11.0. The second-order valence-electron chi connectivity index (χ2n) is 12.7. The first-order valence-electron chi connectivity index (χ1n) is 14.7. The second-order valence-corrected chi connectivity index (χ2v) is 13.6. The summed E-state index contributed by atoms with van der Waals surface area (Å²) < 4.78 is 38.3. The zero-order chi connectivity index (χ0) is 30.6. The van der Waals surface area contributed by atoms with E-state index < -0.39 is 39.6 Å². The summed E-state index contributed by atoms with van der Waals surface area (Å²) in [7, 11) is 0. The molecule has 3 saturated carbocycles. The zero-order valence-electron chi connectivity index (χ0n) is 24.2. The van der Waals surface area contributed by atoms with Crippen molar-refractivity contribution in [3.05, 3.63) is 77.7 Å². The number of carbonyl (C=O) groups is 2. The van der Waals surface area contributed by atoms with Gasteiger partial charge in [-0.25, -0.2) is 18.6 Å². The summed E-state index contributed by atoms with van der Waals surface area (Å²) in [6.45, 7) is 4.09. The summed E-state index contributed by atoms with van der Waals surface area (Å²) >= 11 is 0.514. The lowest BCUT2D eigenvalue weighted by molar-refractivity contribution is -0.175. The predicted octanol–water partition coefficient (Wildman–Crippen LogP) is 6.66. The number of aliphatic hydroxyl groups excluding tert-OH is 1. The number of aliphatic imine (C=N–C) groups is 1. The lowest BCUT2D eigenvalue weighted by Crippen LogP contribution is -2.62. The first-order chi connectivity index (χ1) is 20.6. The van der Waals surface area contributed by atoms with Crippen LogP contribution in [0, 0.1) is 34.4 Å². The number of aliphatic hydroxyl groups is 1. The van der Waals surface area contributed by atoms with Crippen LogP contribution in [0.1, 0.15) is 62.9 Å². The molecule has 6 rings (SSSR count). The maximum atomic E-state index is 13.6.